The van der Waals surface area contributed by atoms with Crippen molar-refractivity contribution in [1.82, 2.24) is 5.32 Å². The molecule has 0 aromatic heterocycles. The highest BCUT2D eigenvalue weighted by atomic mass is 16.5. The van der Waals surface area contributed by atoms with Gasteiger partial charge in [-0.15, -0.1) is 0 Å². The van der Waals surface area contributed by atoms with Crippen molar-refractivity contribution in [2.45, 2.75) is 38.0 Å². The second kappa shape index (κ2) is 5.62. The molecule has 3 rings (SSSR count). The maximum Gasteiger partial charge on any atom is 0.122 e. The molecule has 0 unspecified atom stereocenters. The summed E-state index contributed by atoms with van der Waals surface area (Å²) in [5, 5.41) is 3.58. The Kier molecular flexibility index (Phi) is 3.98. The molecule has 116 valence electrons. The van der Waals surface area contributed by atoms with Crippen molar-refractivity contribution in [2.24, 2.45) is 5.41 Å². The van der Waals surface area contributed by atoms with Gasteiger partial charge in [-0.25, -0.2) is 0 Å². The molecule has 3 heteroatoms. The zero-order valence-corrected chi connectivity index (χ0v) is 13.5. The highest BCUT2D eigenvalue weighted by molar-refractivity contribution is 5.42. The van der Waals surface area contributed by atoms with Gasteiger partial charge in [0.1, 0.15) is 5.75 Å². The smallest absolute Gasteiger partial charge is 0.122 e. The predicted molar refractivity (Wildman–Crippen MR) is 85.1 cm³/mol. The van der Waals surface area contributed by atoms with Crippen LogP contribution in [0.25, 0.3) is 0 Å². The van der Waals surface area contributed by atoms with Crippen LogP contribution in [0.3, 0.4) is 0 Å². The van der Waals surface area contributed by atoms with Gasteiger partial charge in [0, 0.05) is 25.6 Å². The Morgan fingerprint density at radius 3 is 2.57 bits per heavy atom. The molecule has 1 N–H and O–H groups in total. The lowest BCUT2D eigenvalue weighted by Crippen LogP contribution is -2.50. The highest BCUT2D eigenvalue weighted by Gasteiger charge is 2.60. The minimum Gasteiger partial charge on any atom is -0.496 e. The molecule has 0 amide bonds. The van der Waals surface area contributed by atoms with Crippen LogP contribution < -0.4 is 10.1 Å². The van der Waals surface area contributed by atoms with E-state index in [0.29, 0.717) is 10.8 Å². The number of methoxy groups -OCH3 is 2. The Labute approximate surface area is 128 Å². The number of ether oxygens (including phenoxy) is 2. The van der Waals surface area contributed by atoms with Gasteiger partial charge in [-0.2, -0.15) is 0 Å². The third-order valence-electron chi connectivity index (χ3n) is 5.35. The van der Waals surface area contributed by atoms with Gasteiger partial charge >= 0.3 is 0 Å². The first kappa shape index (κ1) is 14.9. The lowest BCUT2D eigenvalue weighted by atomic mass is 9.56. The minimum atomic E-state index is 0.297. The Balaban J connectivity index is 1.75. The average molecular weight is 289 g/mol. The van der Waals surface area contributed by atoms with Crippen molar-refractivity contribution in [3.05, 3.63) is 29.3 Å². The van der Waals surface area contributed by atoms with Crippen LogP contribution in [0.2, 0.25) is 0 Å². The number of aryl methyl sites for hydroxylation is 1. The van der Waals surface area contributed by atoms with Gasteiger partial charge in [-0.05, 0) is 55.2 Å². The Bertz CT molecular complexity index is 500. The third-order valence-corrected chi connectivity index (χ3v) is 5.35. The van der Waals surface area contributed by atoms with Crippen LogP contribution in [-0.4, -0.2) is 33.9 Å². The number of benzene rings is 1. The fraction of sp³-hybridized carbons (Fsp3) is 0.667. The number of hydrogen-bond donors (Lipinski definition) is 1. The third kappa shape index (κ3) is 2.82. The molecule has 0 saturated heterocycles. The van der Waals surface area contributed by atoms with Gasteiger partial charge in [0.05, 0.1) is 13.7 Å². The summed E-state index contributed by atoms with van der Waals surface area (Å²) in [6, 6.07) is 6.75. The van der Waals surface area contributed by atoms with E-state index in [1.54, 1.807) is 14.2 Å². The molecule has 1 spiro atoms. The van der Waals surface area contributed by atoms with E-state index >= 15 is 0 Å². The topological polar surface area (TPSA) is 30.5 Å². The van der Waals surface area contributed by atoms with Crippen molar-refractivity contribution in [1.29, 1.82) is 0 Å². The predicted octanol–water partition coefficient (Wildman–Crippen LogP) is 3.05. The van der Waals surface area contributed by atoms with Crippen LogP contribution >= 0.6 is 0 Å². The summed E-state index contributed by atoms with van der Waals surface area (Å²) < 4.78 is 10.7. The molecule has 1 aromatic rings. The normalized spacial score (nSPS) is 21.1. The summed E-state index contributed by atoms with van der Waals surface area (Å²) in [7, 11) is 3.52. The summed E-state index contributed by atoms with van der Waals surface area (Å²) in [4.78, 5) is 0. The number of hydrogen-bond acceptors (Lipinski definition) is 3. The lowest BCUT2D eigenvalue weighted by molar-refractivity contribution is 0.111. The summed E-state index contributed by atoms with van der Waals surface area (Å²) >= 11 is 0. The second-order valence-corrected chi connectivity index (χ2v) is 6.99. The highest BCUT2D eigenvalue weighted by Crippen LogP contribution is 2.68. The maximum atomic E-state index is 5.52. The van der Waals surface area contributed by atoms with E-state index in [9.17, 15) is 0 Å². The van der Waals surface area contributed by atoms with Crippen molar-refractivity contribution in [3.8, 4) is 5.75 Å². The molecular formula is C18H27NO2. The monoisotopic (exact) mass is 289 g/mol. The maximum absolute atomic E-state index is 5.52. The van der Waals surface area contributed by atoms with E-state index < -0.39 is 0 Å². The van der Waals surface area contributed by atoms with Crippen LogP contribution in [0.4, 0.5) is 0 Å². The van der Waals surface area contributed by atoms with Gasteiger partial charge < -0.3 is 14.8 Å². The first-order chi connectivity index (χ1) is 10.1. The van der Waals surface area contributed by atoms with Crippen LogP contribution in [0.1, 0.15) is 36.8 Å². The first-order valence-corrected chi connectivity index (χ1v) is 7.98. The Morgan fingerprint density at radius 2 is 1.95 bits per heavy atom. The standard InChI is InChI=1S/C18H27NO2/c1-14-4-5-15(10-16(14)21-3)18(13-19-8-9-20-2)11-17(12-18)6-7-17/h4-5,10,19H,6-9,11-13H2,1-3H3. The lowest BCUT2D eigenvalue weighted by Gasteiger charge is -2.50. The molecule has 2 saturated carbocycles. The first-order valence-electron chi connectivity index (χ1n) is 7.98. The quantitative estimate of drug-likeness (QED) is 0.783. The van der Waals surface area contributed by atoms with Gasteiger partial charge in [0.25, 0.3) is 0 Å². The van der Waals surface area contributed by atoms with Gasteiger partial charge in [0.15, 0.2) is 0 Å². The molecule has 3 nitrogen and oxygen atoms in total. The molecule has 0 aliphatic heterocycles. The number of nitrogens with one attached hydrogen (secondary N) is 1. The molecule has 1 aromatic carbocycles. The Hall–Kier alpha value is -1.06. The molecule has 21 heavy (non-hydrogen) atoms. The van der Waals surface area contributed by atoms with E-state index in [1.807, 2.05) is 0 Å². The van der Waals surface area contributed by atoms with Crippen molar-refractivity contribution >= 4 is 0 Å². The minimum absolute atomic E-state index is 0.297. The summed E-state index contributed by atoms with van der Waals surface area (Å²) in [5.74, 6) is 1.01. The van der Waals surface area contributed by atoms with Crippen molar-refractivity contribution < 1.29 is 9.47 Å². The number of rotatable bonds is 7. The summed E-state index contributed by atoms with van der Waals surface area (Å²) in [6.07, 6.45) is 5.50. The van der Waals surface area contributed by atoms with Gasteiger partial charge in [-0.1, -0.05) is 12.1 Å². The van der Waals surface area contributed by atoms with E-state index in [2.05, 4.69) is 30.4 Å². The summed E-state index contributed by atoms with van der Waals surface area (Å²) in [6.45, 7) is 4.85. The fourth-order valence-corrected chi connectivity index (χ4v) is 4.00. The molecule has 0 bridgehead atoms. The van der Waals surface area contributed by atoms with Gasteiger partial charge in [-0.3, -0.25) is 0 Å². The van der Waals surface area contributed by atoms with E-state index in [4.69, 9.17) is 9.47 Å². The van der Waals surface area contributed by atoms with Crippen LogP contribution in [0, 0.1) is 12.3 Å². The molecule has 0 radical (unpaired) electrons. The van der Waals surface area contributed by atoms with Gasteiger partial charge in [0.2, 0.25) is 0 Å². The molecular weight excluding hydrogens is 262 g/mol. The second-order valence-electron chi connectivity index (χ2n) is 6.99. The molecule has 2 aliphatic rings. The van der Waals surface area contributed by atoms with Crippen molar-refractivity contribution in [2.75, 3.05) is 33.9 Å². The SMILES string of the molecule is COCCNCC1(c2ccc(C)c(OC)c2)CC2(CC2)C1. The summed E-state index contributed by atoms with van der Waals surface area (Å²) in [5.41, 5.74) is 3.63. The van der Waals surface area contributed by atoms with Crippen LogP contribution in [-0.2, 0) is 10.2 Å². The molecule has 0 atom stereocenters. The van der Waals surface area contributed by atoms with Crippen LogP contribution in [0.15, 0.2) is 18.2 Å². The Morgan fingerprint density at radius 1 is 1.19 bits per heavy atom. The molecule has 2 aliphatic carbocycles. The van der Waals surface area contributed by atoms with E-state index in [-0.39, 0.29) is 0 Å². The molecule has 2 fully saturated rings. The van der Waals surface area contributed by atoms with E-state index in [1.165, 1.54) is 36.8 Å². The zero-order chi connectivity index (χ0) is 14.9. The van der Waals surface area contributed by atoms with Crippen molar-refractivity contribution in [3.63, 3.8) is 0 Å². The zero-order valence-electron chi connectivity index (χ0n) is 13.5. The fourth-order valence-electron chi connectivity index (χ4n) is 4.00. The van der Waals surface area contributed by atoms with E-state index in [0.717, 1.165) is 25.4 Å². The van der Waals surface area contributed by atoms with Crippen LogP contribution in [0.5, 0.6) is 5.75 Å². The average Bonchev–Trinajstić information content (AvgIpc) is 3.23. The molecule has 0 heterocycles. The largest absolute Gasteiger partial charge is 0.496 e.